The molecule has 1 atom stereocenters. The maximum absolute atomic E-state index is 10.8. The summed E-state index contributed by atoms with van der Waals surface area (Å²) in [7, 11) is 0. The highest BCUT2D eigenvalue weighted by atomic mass is 16.5. The maximum atomic E-state index is 10.8. The number of ether oxygens (including phenoxy) is 1. The molecule has 0 aromatic rings. The second-order valence-electron chi connectivity index (χ2n) is 2.24. The van der Waals surface area contributed by atoms with Crippen LogP contribution >= 0.6 is 0 Å². The Morgan fingerprint density at radius 1 is 1.60 bits per heavy atom. The van der Waals surface area contributed by atoms with Gasteiger partial charge >= 0.3 is 5.97 Å². The molecule has 0 bridgehead atoms. The third kappa shape index (κ3) is 3.45. The second-order valence-corrected chi connectivity index (χ2v) is 2.24. The molecule has 0 aliphatic rings. The Balaban J connectivity index is 3.49. The average molecular weight is 146 g/mol. The summed E-state index contributed by atoms with van der Waals surface area (Å²) >= 11 is 0. The van der Waals surface area contributed by atoms with Gasteiger partial charge in [0, 0.05) is 6.42 Å². The molecule has 0 fully saturated rings. The maximum Gasteiger partial charge on any atom is 0.364 e. The van der Waals surface area contributed by atoms with Gasteiger partial charge in [-0.1, -0.05) is 6.92 Å². The Morgan fingerprint density at radius 3 is 2.60 bits per heavy atom. The Morgan fingerprint density at radius 2 is 2.20 bits per heavy atom. The quantitative estimate of drug-likeness (QED) is 0.566. The van der Waals surface area contributed by atoms with Crippen molar-refractivity contribution in [2.45, 2.75) is 32.7 Å². The SMILES string of the molecule is CCCC([NH3+])C(=O)OCC. The van der Waals surface area contributed by atoms with Crippen LogP contribution in [0, 0.1) is 0 Å². The molecular formula is C7H16NO2+. The summed E-state index contributed by atoms with van der Waals surface area (Å²) in [6.07, 6.45) is 1.80. The molecule has 0 amide bonds. The van der Waals surface area contributed by atoms with Gasteiger partial charge in [-0.15, -0.1) is 0 Å². The summed E-state index contributed by atoms with van der Waals surface area (Å²) < 4.78 is 4.75. The van der Waals surface area contributed by atoms with Gasteiger partial charge in [0.2, 0.25) is 0 Å². The van der Waals surface area contributed by atoms with Crippen LogP contribution in [-0.2, 0) is 9.53 Å². The van der Waals surface area contributed by atoms with Gasteiger partial charge < -0.3 is 10.5 Å². The molecule has 0 aliphatic carbocycles. The van der Waals surface area contributed by atoms with E-state index >= 15 is 0 Å². The highest BCUT2D eigenvalue weighted by Crippen LogP contribution is 1.93. The highest BCUT2D eigenvalue weighted by Gasteiger charge is 2.15. The number of quaternary nitrogens is 1. The van der Waals surface area contributed by atoms with Gasteiger partial charge in [-0.05, 0) is 13.3 Å². The minimum atomic E-state index is -0.177. The van der Waals surface area contributed by atoms with Crippen molar-refractivity contribution in [3.63, 3.8) is 0 Å². The van der Waals surface area contributed by atoms with Crippen molar-refractivity contribution in [2.24, 2.45) is 0 Å². The first kappa shape index (κ1) is 9.43. The Labute approximate surface area is 61.5 Å². The smallest absolute Gasteiger partial charge is 0.364 e. The van der Waals surface area contributed by atoms with E-state index in [-0.39, 0.29) is 12.0 Å². The molecule has 0 radical (unpaired) electrons. The van der Waals surface area contributed by atoms with E-state index in [1.165, 1.54) is 0 Å². The average Bonchev–Trinajstić information content (AvgIpc) is 1.89. The van der Waals surface area contributed by atoms with Crippen molar-refractivity contribution >= 4 is 5.97 Å². The predicted molar refractivity (Wildman–Crippen MR) is 38.2 cm³/mol. The van der Waals surface area contributed by atoms with E-state index in [1.807, 2.05) is 6.92 Å². The number of rotatable bonds is 4. The van der Waals surface area contributed by atoms with Crippen molar-refractivity contribution in [3.05, 3.63) is 0 Å². The van der Waals surface area contributed by atoms with E-state index in [9.17, 15) is 4.79 Å². The summed E-state index contributed by atoms with van der Waals surface area (Å²) in [6.45, 7) is 4.28. The summed E-state index contributed by atoms with van der Waals surface area (Å²) in [6, 6.07) is -0.176. The van der Waals surface area contributed by atoms with Crippen LogP contribution in [-0.4, -0.2) is 18.6 Å². The number of hydrogen-bond acceptors (Lipinski definition) is 2. The van der Waals surface area contributed by atoms with E-state index in [1.54, 1.807) is 6.92 Å². The number of carbonyl (C=O) groups excluding carboxylic acids is 1. The van der Waals surface area contributed by atoms with Crippen LogP contribution in [0.5, 0.6) is 0 Å². The van der Waals surface area contributed by atoms with Crippen LogP contribution in [0.1, 0.15) is 26.7 Å². The standard InChI is InChI=1S/C7H15NO2/c1-3-5-6(8)7(9)10-4-2/h6H,3-5,8H2,1-2H3/p+1. The minimum Gasteiger partial charge on any atom is -0.462 e. The lowest BCUT2D eigenvalue weighted by molar-refractivity contribution is -0.409. The molecule has 3 heteroatoms. The molecule has 3 nitrogen and oxygen atoms in total. The molecule has 60 valence electrons. The third-order valence-electron chi connectivity index (χ3n) is 1.26. The Kier molecular flexibility index (Phi) is 4.94. The summed E-state index contributed by atoms with van der Waals surface area (Å²) in [5.41, 5.74) is 3.67. The number of carbonyl (C=O) groups is 1. The molecule has 0 saturated carbocycles. The molecule has 3 N–H and O–H groups in total. The first-order valence-electron chi connectivity index (χ1n) is 3.72. The van der Waals surface area contributed by atoms with Crippen LogP contribution in [0.2, 0.25) is 0 Å². The van der Waals surface area contributed by atoms with Crippen molar-refractivity contribution in [1.29, 1.82) is 0 Å². The fourth-order valence-corrected chi connectivity index (χ4v) is 0.726. The Bertz CT molecular complexity index is 104. The van der Waals surface area contributed by atoms with Gasteiger partial charge in [-0.2, -0.15) is 0 Å². The van der Waals surface area contributed by atoms with Gasteiger partial charge in [0.15, 0.2) is 6.04 Å². The largest absolute Gasteiger partial charge is 0.462 e. The Hall–Kier alpha value is -0.570. The second kappa shape index (κ2) is 5.23. The van der Waals surface area contributed by atoms with E-state index in [2.05, 4.69) is 5.73 Å². The van der Waals surface area contributed by atoms with E-state index in [4.69, 9.17) is 4.74 Å². The molecule has 0 aliphatic heterocycles. The summed E-state index contributed by atoms with van der Waals surface area (Å²) in [4.78, 5) is 10.8. The fraction of sp³-hybridized carbons (Fsp3) is 0.857. The van der Waals surface area contributed by atoms with E-state index in [0.717, 1.165) is 12.8 Å². The topological polar surface area (TPSA) is 53.9 Å². The van der Waals surface area contributed by atoms with Crippen LogP contribution in [0.3, 0.4) is 0 Å². The zero-order valence-corrected chi connectivity index (χ0v) is 6.72. The molecule has 0 rings (SSSR count). The molecule has 0 heterocycles. The van der Waals surface area contributed by atoms with Gasteiger partial charge in [0.05, 0.1) is 6.61 Å². The number of hydrogen-bond donors (Lipinski definition) is 1. The van der Waals surface area contributed by atoms with Crippen LogP contribution in [0.4, 0.5) is 0 Å². The van der Waals surface area contributed by atoms with Crippen LogP contribution < -0.4 is 5.73 Å². The van der Waals surface area contributed by atoms with Gasteiger partial charge in [-0.3, -0.25) is 0 Å². The first-order chi connectivity index (χ1) is 4.72. The molecule has 0 aromatic carbocycles. The first-order valence-corrected chi connectivity index (χ1v) is 3.72. The van der Waals surface area contributed by atoms with Crippen LogP contribution in [0.15, 0.2) is 0 Å². The zero-order valence-electron chi connectivity index (χ0n) is 6.72. The zero-order chi connectivity index (χ0) is 7.98. The molecule has 1 unspecified atom stereocenters. The summed E-state index contributed by atoms with van der Waals surface area (Å²) in [5, 5.41) is 0. The molecule has 0 aromatic heterocycles. The molecule has 10 heavy (non-hydrogen) atoms. The fourth-order valence-electron chi connectivity index (χ4n) is 0.726. The van der Waals surface area contributed by atoms with E-state index in [0.29, 0.717) is 6.61 Å². The minimum absolute atomic E-state index is 0.176. The molecule has 0 spiro atoms. The van der Waals surface area contributed by atoms with Crippen molar-refractivity contribution in [3.8, 4) is 0 Å². The van der Waals surface area contributed by atoms with Crippen molar-refractivity contribution in [2.75, 3.05) is 6.61 Å². The lowest BCUT2D eigenvalue weighted by Crippen LogP contribution is -2.65. The lowest BCUT2D eigenvalue weighted by Gasteiger charge is -2.04. The predicted octanol–water partition coefficient (Wildman–Crippen LogP) is -0.0399. The van der Waals surface area contributed by atoms with Gasteiger partial charge in [0.25, 0.3) is 0 Å². The monoisotopic (exact) mass is 146 g/mol. The van der Waals surface area contributed by atoms with Crippen molar-refractivity contribution in [1.82, 2.24) is 0 Å². The third-order valence-corrected chi connectivity index (χ3v) is 1.26. The van der Waals surface area contributed by atoms with Crippen LogP contribution in [0.25, 0.3) is 0 Å². The normalized spacial score (nSPS) is 12.7. The van der Waals surface area contributed by atoms with Gasteiger partial charge in [0.1, 0.15) is 0 Å². The van der Waals surface area contributed by atoms with E-state index < -0.39 is 0 Å². The van der Waals surface area contributed by atoms with Crippen molar-refractivity contribution < 1.29 is 15.3 Å². The number of esters is 1. The molecular weight excluding hydrogens is 130 g/mol. The lowest BCUT2D eigenvalue weighted by atomic mass is 10.2. The molecule has 0 saturated heterocycles. The highest BCUT2D eigenvalue weighted by molar-refractivity contribution is 5.73. The van der Waals surface area contributed by atoms with Gasteiger partial charge in [-0.25, -0.2) is 4.79 Å². The summed E-state index contributed by atoms with van der Waals surface area (Å²) in [5.74, 6) is -0.177.